The molecule has 58 valence electrons. The topological polar surface area (TPSA) is 12.0 Å². The van der Waals surface area contributed by atoms with Crippen LogP contribution in [0.4, 0.5) is 4.39 Å². The van der Waals surface area contributed by atoms with E-state index >= 15 is 0 Å². The molecule has 1 aliphatic carbocycles. The quantitative estimate of drug-likeness (QED) is 0.539. The van der Waals surface area contributed by atoms with Crippen molar-refractivity contribution < 1.29 is 4.39 Å². The highest BCUT2D eigenvalue weighted by Gasteiger charge is 2.49. The first-order valence-corrected chi connectivity index (χ1v) is 4.10. The molecule has 0 aromatic rings. The molecule has 0 aromatic carbocycles. The summed E-state index contributed by atoms with van der Waals surface area (Å²) in [6.07, 6.45) is 1.87. The monoisotopic (exact) mass is 143 g/mol. The van der Waals surface area contributed by atoms with E-state index in [9.17, 15) is 4.39 Å². The van der Waals surface area contributed by atoms with Gasteiger partial charge in [0.1, 0.15) is 5.67 Å². The fourth-order valence-corrected chi connectivity index (χ4v) is 2.46. The third-order valence-corrected chi connectivity index (χ3v) is 2.92. The van der Waals surface area contributed by atoms with Crippen LogP contribution in [0, 0.1) is 11.8 Å². The van der Waals surface area contributed by atoms with Crippen molar-refractivity contribution >= 4 is 0 Å². The largest absolute Gasteiger partial charge is 0.313 e. The molecule has 2 rings (SSSR count). The number of fused-ring (bicyclic) bond motifs is 1. The number of alkyl halides is 1. The van der Waals surface area contributed by atoms with Gasteiger partial charge in [0.15, 0.2) is 0 Å². The Morgan fingerprint density at radius 2 is 2.40 bits per heavy atom. The summed E-state index contributed by atoms with van der Waals surface area (Å²) in [6, 6.07) is 0. The van der Waals surface area contributed by atoms with Crippen LogP contribution in [-0.2, 0) is 0 Å². The molecule has 1 heterocycles. The second-order valence-electron chi connectivity index (χ2n) is 3.91. The third kappa shape index (κ3) is 0.782. The first kappa shape index (κ1) is 6.59. The van der Waals surface area contributed by atoms with Gasteiger partial charge in [-0.1, -0.05) is 6.92 Å². The van der Waals surface area contributed by atoms with Gasteiger partial charge >= 0.3 is 0 Å². The normalized spacial score (nSPS) is 53.4. The molecule has 3 unspecified atom stereocenters. The van der Waals surface area contributed by atoms with Gasteiger partial charge in [-0.3, -0.25) is 0 Å². The van der Waals surface area contributed by atoms with Gasteiger partial charge in [-0.2, -0.15) is 0 Å². The maximum absolute atomic E-state index is 13.7. The Morgan fingerprint density at radius 3 is 3.10 bits per heavy atom. The molecule has 1 N–H and O–H groups in total. The molecule has 0 bridgehead atoms. The zero-order chi connectivity index (χ0) is 7.19. The molecule has 1 saturated heterocycles. The minimum Gasteiger partial charge on any atom is -0.313 e. The summed E-state index contributed by atoms with van der Waals surface area (Å²) in [5.74, 6) is 0.930. The van der Waals surface area contributed by atoms with Crippen molar-refractivity contribution in [3.8, 4) is 0 Å². The summed E-state index contributed by atoms with van der Waals surface area (Å²) in [6.45, 7) is 3.66. The van der Waals surface area contributed by atoms with Crippen LogP contribution in [0.1, 0.15) is 19.8 Å². The fraction of sp³-hybridized carbons (Fsp3) is 1.00. The average Bonchev–Trinajstić information content (AvgIpc) is 2.20. The van der Waals surface area contributed by atoms with Crippen LogP contribution in [0.2, 0.25) is 0 Å². The molecule has 0 spiro atoms. The van der Waals surface area contributed by atoms with Crippen molar-refractivity contribution in [3.05, 3.63) is 0 Å². The lowest BCUT2D eigenvalue weighted by atomic mass is 9.97. The van der Waals surface area contributed by atoms with Crippen molar-refractivity contribution in [2.24, 2.45) is 11.8 Å². The van der Waals surface area contributed by atoms with Gasteiger partial charge in [-0.05, 0) is 18.8 Å². The van der Waals surface area contributed by atoms with E-state index in [1.807, 2.05) is 0 Å². The van der Waals surface area contributed by atoms with E-state index < -0.39 is 5.67 Å². The van der Waals surface area contributed by atoms with Gasteiger partial charge in [0.05, 0.1) is 0 Å². The van der Waals surface area contributed by atoms with Crippen LogP contribution in [-0.4, -0.2) is 18.8 Å². The third-order valence-electron chi connectivity index (χ3n) is 2.92. The maximum atomic E-state index is 13.7. The van der Waals surface area contributed by atoms with E-state index in [0.717, 1.165) is 19.4 Å². The Bertz CT molecular complexity index is 148. The summed E-state index contributed by atoms with van der Waals surface area (Å²) >= 11 is 0. The second kappa shape index (κ2) is 1.94. The lowest BCUT2D eigenvalue weighted by molar-refractivity contribution is 0.155. The number of hydrogen-bond acceptors (Lipinski definition) is 1. The van der Waals surface area contributed by atoms with Crippen LogP contribution in [0.5, 0.6) is 0 Å². The number of nitrogens with one attached hydrogen (secondary N) is 1. The molecule has 0 radical (unpaired) electrons. The van der Waals surface area contributed by atoms with E-state index in [0.29, 0.717) is 18.4 Å². The van der Waals surface area contributed by atoms with E-state index in [2.05, 4.69) is 12.2 Å². The van der Waals surface area contributed by atoms with Gasteiger partial charge < -0.3 is 5.32 Å². The van der Waals surface area contributed by atoms with Gasteiger partial charge in [-0.25, -0.2) is 4.39 Å². The Kier molecular flexibility index (Phi) is 1.28. The van der Waals surface area contributed by atoms with Crippen molar-refractivity contribution in [2.45, 2.75) is 25.4 Å². The molecule has 3 atom stereocenters. The Balaban J connectivity index is 2.15. The molecule has 1 nitrogen and oxygen atoms in total. The predicted octanol–water partition coefficient (Wildman–Crippen LogP) is 1.34. The van der Waals surface area contributed by atoms with Crippen molar-refractivity contribution in [1.82, 2.24) is 5.32 Å². The molecule has 2 fully saturated rings. The van der Waals surface area contributed by atoms with Crippen molar-refractivity contribution in [1.29, 1.82) is 0 Å². The first-order chi connectivity index (χ1) is 4.71. The summed E-state index contributed by atoms with van der Waals surface area (Å²) in [7, 11) is 0. The SMILES string of the molecule is CC1CC2CNCC2(F)C1. The average molecular weight is 143 g/mol. The van der Waals surface area contributed by atoms with Crippen LogP contribution in [0.15, 0.2) is 0 Å². The van der Waals surface area contributed by atoms with Gasteiger partial charge in [0, 0.05) is 19.0 Å². The molecule has 0 amide bonds. The predicted molar refractivity (Wildman–Crippen MR) is 38.6 cm³/mol. The van der Waals surface area contributed by atoms with Gasteiger partial charge in [0.25, 0.3) is 0 Å². The molecule has 10 heavy (non-hydrogen) atoms. The molecule has 2 aliphatic rings. The van der Waals surface area contributed by atoms with Gasteiger partial charge in [0.2, 0.25) is 0 Å². The number of hydrogen-bond donors (Lipinski definition) is 1. The minimum atomic E-state index is -0.834. The van der Waals surface area contributed by atoms with Crippen LogP contribution in [0.25, 0.3) is 0 Å². The highest BCUT2D eigenvalue weighted by atomic mass is 19.1. The summed E-state index contributed by atoms with van der Waals surface area (Å²) < 4.78 is 13.7. The summed E-state index contributed by atoms with van der Waals surface area (Å²) in [5.41, 5.74) is -0.834. The maximum Gasteiger partial charge on any atom is 0.127 e. The Morgan fingerprint density at radius 1 is 1.60 bits per heavy atom. The molecule has 0 aromatic heterocycles. The van der Waals surface area contributed by atoms with E-state index in [1.54, 1.807) is 0 Å². The smallest absolute Gasteiger partial charge is 0.127 e. The minimum absolute atomic E-state index is 0.322. The van der Waals surface area contributed by atoms with E-state index in [4.69, 9.17) is 0 Å². The van der Waals surface area contributed by atoms with E-state index in [-0.39, 0.29) is 0 Å². The van der Waals surface area contributed by atoms with Crippen molar-refractivity contribution in [2.75, 3.05) is 13.1 Å². The van der Waals surface area contributed by atoms with Crippen molar-refractivity contribution in [3.63, 3.8) is 0 Å². The standard InChI is InChI=1S/C8H14FN/c1-6-2-7-4-10-5-8(7,9)3-6/h6-7,10H,2-5H2,1H3. The van der Waals surface area contributed by atoms with Gasteiger partial charge in [-0.15, -0.1) is 0 Å². The summed E-state index contributed by atoms with van der Waals surface area (Å²) in [5, 5.41) is 3.11. The lowest BCUT2D eigenvalue weighted by Gasteiger charge is -2.16. The zero-order valence-electron chi connectivity index (χ0n) is 6.36. The summed E-state index contributed by atoms with van der Waals surface area (Å²) in [4.78, 5) is 0. The lowest BCUT2D eigenvalue weighted by Crippen LogP contribution is -2.27. The van der Waals surface area contributed by atoms with E-state index in [1.165, 1.54) is 0 Å². The molecule has 1 saturated carbocycles. The number of halogens is 1. The highest BCUT2D eigenvalue weighted by molar-refractivity contribution is 5.02. The molecular weight excluding hydrogens is 129 g/mol. The molecular formula is C8H14FN. The highest BCUT2D eigenvalue weighted by Crippen LogP contribution is 2.44. The Labute approximate surface area is 61.0 Å². The zero-order valence-corrected chi connectivity index (χ0v) is 6.36. The molecule has 1 aliphatic heterocycles. The van der Waals surface area contributed by atoms with Crippen LogP contribution in [0.3, 0.4) is 0 Å². The van der Waals surface area contributed by atoms with Crippen LogP contribution < -0.4 is 5.32 Å². The number of rotatable bonds is 0. The van der Waals surface area contributed by atoms with Crippen LogP contribution >= 0.6 is 0 Å². The fourth-order valence-electron chi connectivity index (χ4n) is 2.46. The molecule has 2 heteroatoms. The second-order valence-corrected chi connectivity index (χ2v) is 3.91. The Hall–Kier alpha value is -0.110. The first-order valence-electron chi connectivity index (χ1n) is 4.10.